The summed E-state index contributed by atoms with van der Waals surface area (Å²) in [7, 11) is 1.63. The second-order valence-electron chi connectivity index (χ2n) is 4.12. The van der Waals surface area contributed by atoms with Crippen LogP contribution in [0.3, 0.4) is 0 Å². The Morgan fingerprint density at radius 1 is 1.37 bits per heavy atom. The van der Waals surface area contributed by atoms with Gasteiger partial charge in [0.05, 0.1) is 25.0 Å². The van der Waals surface area contributed by atoms with Crippen molar-refractivity contribution in [1.82, 2.24) is 4.98 Å². The van der Waals surface area contributed by atoms with Gasteiger partial charge in [-0.25, -0.2) is 0 Å². The number of nitrogens with one attached hydrogen (secondary N) is 1. The van der Waals surface area contributed by atoms with Gasteiger partial charge in [-0.3, -0.25) is 4.98 Å². The fourth-order valence-electron chi connectivity index (χ4n) is 1.67. The van der Waals surface area contributed by atoms with Crippen LogP contribution in [0.5, 0.6) is 5.75 Å². The summed E-state index contributed by atoms with van der Waals surface area (Å²) < 4.78 is 6.28. The van der Waals surface area contributed by atoms with Crippen LogP contribution in [0.1, 0.15) is 11.3 Å². The fraction of sp³-hybridized carbons (Fsp3) is 0.214. The minimum Gasteiger partial charge on any atom is -0.495 e. The molecule has 1 aromatic carbocycles. The number of aryl methyl sites for hydroxylation is 1. The number of ether oxygens (including phenoxy) is 1. The van der Waals surface area contributed by atoms with Gasteiger partial charge in [0.15, 0.2) is 0 Å². The fourth-order valence-corrected chi connectivity index (χ4v) is 2.06. The van der Waals surface area contributed by atoms with E-state index >= 15 is 0 Å². The van der Waals surface area contributed by atoms with Crippen LogP contribution in [-0.4, -0.2) is 12.1 Å². The number of pyridine rings is 1. The van der Waals surface area contributed by atoms with Crippen LogP contribution < -0.4 is 10.1 Å². The molecule has 5 heteroatoms. The monoisotopic (exact) mass is 340 g/mol. The molecule has 0 spiro atoms. The second-order valence-corrected chi connectivity index (χ2v) is 5.45. The zero-order chi connectivity index (χ0) is 13.8. The number of nitrogens with zero attached hydrogens (tertiary/aromatic N) is 1. The van der Waals surface area contributed by atoms with Crippen molar-refractivity contribution in [2.24, 2.45) is 0 Å². The van der Waals surface area contributed by atoms with Crippen LogP contribution in [0.2, 0.25) is 5.02 Å². The standard InChI is InChI=1S/C14H14BrClN2O/c1-9-5-13(14(19-2)6-12(9)16)18-8-11-4-3-10(15)7-17-11/h3-7,18H,8H2,1-2H3. The van der Waals surface area contributed by atoms with E-state index in [1.807, 2.05) is 31.2 Å². The van der Waals surface area contributed by atoms with Gasteiger partial charge < -0.3 is 10.1 Å². The van der Waals surface area contributed by atoms with Crippen LogP contribution in [0.25, 0.3) is 0 Å². The van der Waals surface area contributed by atoms with Crippen LogP contribution in [0, 0.1) is 6.92 Å². The van der Waals surface area contributed by atoms with Crippen molar-refractivity contribution in [3.05, 3.63) is 51.2 Å². The van der Waals surface area contributed by atoms with Gasteiger partial charge in [-0.1, -0.05) is 11.6 Å². The van der Waals surface area contributed by atoms with Crippen molar-refractivity contribution in [1.29, 1.82) is 0 Å². The van der Waals surface area contributed by atoms with Gasteiger partial charge in [0, 0.05) is 21.8 Å². The van der Waals surface area contributed by atoms with Crippen molar-refractivity contribution >= 4 is 33.2 Å². The second kappa shape index (κ2) is 6.26. The summed E-state index contributed by atoms with van der Waals surface area (Å²) in [5, 5.41) is 4.00. The predicted octanol–water partition coefficient (Wildman–Crippen LogP) is 4.43. The molecule has 19 heavy (non-hydrogen) atoms. The first-order valence-electron chi connectivity index (χ1n) is 5.78. The quantitative estimate of drug-likeness (QED) is 0.893. The van der Waals surface area contributed by atoms with Crippen molar-refractivity contribution < 1.29 is 4.74 Å². The molecule has 0 amide bonds. The molecule has 0 saturated carbocycles. The minimum atomic E-state index is 0.630. The average Bonchev–Trinajstić information content (AvgIpc) is 2.41. The van der Waals surface area contributed by atoms with E-state index < -0.39 is 0 Å². The van der Waals surface area contributed by atoms with E-state index in [2.05, 4.69) is 26.2 Å². The number of aromatic nitrogens is 1. The third kappa shape index (κ3) is 3.61. The molecular weight excluding hydrogens is 328 g/mol. The number of rotatable bonds is 4. The van der Waals surface area contributed by atoms with Gasteiger partial charge in [-0.15, -0.1) is 0 Å². The highest BCUT2D eigenvalue weighted by Gasteiger charge is 2.07. The molecule has 3 nitrogen and oxygen atoms in total. The number of halogens is 2. The van der Waals surface area contributed by atoms with Gasteiger partial charge >= 0.3 is 0 Å². The number of anilines is 1. The molecule has 1 N–H and O–H groups in total. The molecular formula is C14H14BrClN2O. The van der Waals surface area contributed by atoms with Crippen LogP contribution in [-0.2, 0) is 6.54 Å². The molecule has 2 rings (SSSR count). The van der Waals surface area contributed by atoms with Gasteiger partial charge in [-0.05, 0) is 46.6 Å². The smallest absolute Gasteiger partial charge is 0.143 e. The van der Waals surface area contributed by atoms with Crippen molar-refractivity contribution in [3.8, 4) is 5.75 Å². The topological polar surface area (TPSA) is 34.1 Å². The molecule has 0 unspecified atom stereocenters. The SMILES string of the molecule is COc1cc(Cl)c(C)cc1NCc1ccc(Br)cn1. The first-order valence-corrected chi connectivity index (χ1v) is 6.95. The van der Waals surface area contributed by atoms with E-state index in [-0.39, 0.29) is 0 Å². The van der Waals surface area contributed by atoms with Gasteiger partial charge in [-0.2, -0.15) is 0 Å². The predicted molar refractivity (Wildman–Crippen MR) is 82.0 cm³/mol. The van der Waals surface area contributed by atoms with Crippen LogP contribution >= 0.6 is 27.5 Å². The lowest BCUT2D eigenvalue weighted by atomic mass is 10.2. The highest BCUT2D eigenvalue weighted by molar-refractivity contribution is 9.10. The molecule has 0 atom stereocenters. The Hall–Kier alpha value is -1.26. The molecule has 100 valence electrons. The van der Waals surface area contributed by atoms with E-state index in [9.17, 15) is 0 Å². The highest BCUT2D eigenvalue weighted by atomic mass is 79.9. The Kier molecular flexibility index (Phi) is 4.66. The summed E-state index contributed by atoms with van der Waals surface area (Å²) in [4.78, 5) is 4.31. The van der Waals surface area contributed by atoms with Crippen molar-refractivity contribution in [3.63, 3.8) is 0 Å². The lowest BCUT2D eigenvalue weighted by Gasteiger charge is -2.13. The lowest BCUT2D eigenvalue weighted by molar-refractivity contribution is 0.416. The van der Waals surface area contributed by atoms with Gasteiger partial charge in [0.25, 0.3) is 0 Å². The molecule has 2 aromatic rings. The summed E-state index contributed by atoms with van der Waals surface area (Å²) in [5.41, 5.74) is 2.88. The number of hydrogen-bond acceptors (Lipinski definition) is 3. The zero-order valence-electron chi connectivity index (χ0n) is 10.7. The van der Waals surface area contributed by atoms with E-state index in [4.69, 9.17) is 16.3 Å². The molecule has 1 heterocycles. The van der Waals surface area contributed by atoms with E-state index in [0.29, 0.717) is 11.6 Å². The molecule has 0 radical (unpaired) electrons. The Bertz CT molecular complexity index is 572. The zero-order valence-corrected chi connectivity index (χ0v) is 13.0. The molecule has 0 aliphatic rings. The normalized spacial score (nSPS) is 10.3. The summed E-state index contributed by atoms with van der Waals surface area (Å²) in [6.07, 6.45) is 1.78. The Morgan fingerprint density at radius 2 is 2.16 bits per heavy atom. The molecule has 0 aliphatic carbocycles. The molecule has 0 bridgehead atoms. The maximum Gasteiger partial charge on any atom is 0.143 e. The minimum absolute atomic E-state index is 0.630. The third-order valence-corrected chi connectivity index (χ3v) is 3.61. The molecule has 0 saturated heterocycles. The molecule has 1 aromatic heterocycles. The Labute approximate surface area is 126 Å². The number of benzene rings is 1. The van der Waals surface area contributed by atoms with E-state index in [1.54, 1.807) is 13.3 Å². The molecule has 0 aliphatic heterocycles. The Morgan fingerprint density at radius 3 is 2.79 bits per heavy atom. The van der Waals surface area contributed by atoms with Crippen LogP contribution in [0.15, 0.2) is 34.9 Å². The third-order valence-electron chi connectivity index (χ3n) is 2.73. The largest absolute Gasteiger partial charge is 0.495 e. The van der Waals surface area contributed by atoms with Crippen LogP contribution in [0.4, 0.5) is 5.69 Å². The van der Waals surface area contributed by atoms with Gasteiger partial charge in [0.1, 0.15) is 5.75 Å². The first kappa shape index (κ1) is 14.2. The maximum atomic E-state index is 6.07. The number of methoxy groups -OCH3 is 1. The lowest BCUT2D eigenvalue weighted by Crippen LogP contribution is -2.03. The van der Waals surface area contributed by atoms with Gasteiger partial charge in [0.2, 0.25) is 0 Å². The van der Waals surface area contributed by atoms with Crippen molar-refractivity contribution in [2.45, 2.75) is 13.5 Å². The van der Waals surface area contributed by atoms with E-state index in [1.165, 1.54) is 0 Å². The maximum absolute atomic E-state index is 6.07. The highest BCUT2D eigenvalue weighted by Crippen LogP contribution is 2.31. The summed E-state index contributed by atoms with van der Waals surface area (Å²) >= 11 is 9.44. The summed E-state index contributed by atoms with van der Waals surface area (Å²) in [6.45, 7) is 2.59. The Balaban J connectivity index is 2.14. The van der Waals surface area contributed by atoms with Crippen molar-refractivity contribution in [2.75, 3.05) is 12.4 Å². The van der Waals surface area contributed by atoms with E-state index in [0.717, 1.165) is 27.2 Å². The molecule has 0 fully saturated rings. The average molecular weight is 342 g/mol. The number of hydrogen-bond donors (Lipinski definition) is 1. The first-order chi connectivity index (χ1) is 9.10. The summed E-state index contributed by atoms with van der Waals surface area (Å²) in [5.74, 6) is 0.729. The summed E-state index contributed by atoms with van der Waals surface area (Å²) in [6, 6.07) is 7.72.